The largest absolute Gasteiger partial charge is 0.422 e. The fraction of sp³-hybridized carbons (Fsp3) is 0.0625. The van der Waals surface area contributed by atoms with Crippen LogP contribution in [-0.4, -0.2) is 0 Å². The Morgan fingerprint density at radius 1 is 1.15 bits per heavy atom. The van der Waals surface area contributed by atoms with Crippen molar-refractivity contribution < 1.29 is 4.42 Å². The van der Waals surface area contributed by atoms with Gasteiger partial charge in [-0.1, -0.05) is 39.7 Å². The van der Waals surface area contributed by atoms with Gasteiger partial charge in [-0.05, 0) is 48.4 Å². The third-order valence-electron chi connectivity index (χ3n) is 3.24. The molecule has 0 aliphatic rings. The van der Waals surface area contributed by atoms with Crippen molar-refractivity contribution in [2.45, 2.75) is 6.92 Å². The van der Waals surface area contributed by atoms with Gasteiger partial charge in [0.1, 0.15) is 5.58 Å². The zero-order valence-corrected chi connectivity index (χ0v) is 13.0. The zero-order valence-electron chi connectivity index (χ0n) is 10.6. The van der Waals surface area contributed by atoms with Crippen LogP contribution in [0, 0.1) is 6.92 Å². The predicted molar refractivity (Wildman–Crippen MR) is 85.4 cm³/mol. The van der Waals surface area contributed by atoms with E-state index in [0.717, 1.165) is 21.0 Å². The molecule has 0 saturated heterocycles. The van der Waals surface area contributed by atoms with Crippen LogP contribution in [0.1, 0.15) is 5.56 Å². The molecule has 4 heteroatoms. The number of halogens is 2. The standard InChI is InChI=1S/C16H10BrClO2/c1-9-13-8-11(17)5-6-14(13)20-16(19)15(9)10-3-2-4-12(18)7-10/h2-8H,1H3. The van der Waals surface area contributed by atoms with E-state index < -0.39 is 0 Å². The van der Waals surface area contributed by atoms with Gasteiger partial charge < -0.3 is 4.42 Å². The third kappa shape index (κ3) is 2.28. The van der Waals surface area contributed by atoms with Crippen molar-refractivity contribution in [2.75, 3.05) is 0 Å². The summed E-state index contributed by atoms with van der Waals surface area (Å²) in [5.41, 5.74) is 2.45. The first kappa shape index (κ1) is 13.4. The number of rotatable bonds is 1. The fourth-order valence-corrected chi connectivity index (χ4v) is 2.85. The average Bonchev–Trinajstić information content (AvgIpc) is 2.40. The highest BCUT2D eigenvalue weighted by atomic mass is 79.9. The molecular weight excluding hydrogens is 340 g/mol. The maximum absolute atomic E-state index is 12.2. The van der Waals surface area contributed by atoms with Gasteiger partial charge in [0.05, 0.1) is 5.56 Å². The SMILES string of the molecule is Cc1c(-c2cccc(Cl)c2)c(=O)oc2ccc(Br)cc12. The maximum atomic E-state index is 12.2. The van der Waals surface area contributed by atoms with Crippen LogP contribution in [0.25, 0.3) is 22.1 Å². The summed E-state index contributed by atoms with van der Waals surface area (Å²) < 4.78 is 6.35. The lowest BCUT2D eigenvalue weighted by molar-refractivity contribution is 0.562. The van der Waals surface area contributed by atoms with E-state index in [4.69, 9.17) is 16.0 Å². The van der Waals surface area contributed by atoms with E-state index in [1.165, 1.54) is 0 Å². The summed E-state index contributed by atoms with van der Waals surface area (Å²) in [4.78, 5) is 12.2. The Morgan fingerprint density at radius 3 is 2.70 bits per heavy atom. The molecule has 0 unspecified atom stereocenters. The van der Waals surface area contributed by atoms with Crippen LogP contribution in [0.3, 0.4) is 0 Å². The Kier molecular flexibility index (Phi) is 3.40. The van der Waals surface area contributed by atoms with Crippen LogP contribution in [-0.2, 0) is 0 Å². The van der Waals surface area contributed by atoms with Gasteiger partial charge in [0.25, 0.3) is 0 Å². The lowest BCUT2D eigenvalue weighted by atomic mass is 10.00. The molecule has 0 fully saturated rings. The number of aryl methyl sites for hydroxylation is 1. The van der Waals surface area contributed by atoms with Crippen LogP contribution in [0.4, 0.5) is 0 Å². The second kappa shape index (κ2) is 5.08. The molecule has 1 heterocycles. The molecular formula is C16H10BrClO2. The van der Waals surface area contributed by atoms with E-state index in [0.29, 0.717) is 16.2 Å². The molecule has 2 nitrogen and oxygen atoms in total. The summed E-state index contributed by atoms with van der Waals surface area (Å²) >= 11 is 9.44. The molecule has 1 aromatic heterocycles. The second-order valence-electron chi connectivity index (χ2n) is 4.54. The molecule has 0 bridgehead atoms. The van der Waals surface area contributed by atoms with Crippen LogP contribution in [0.2, 0.25) is 5.02 Å². The first-order chi connectivity index (χ1) is 9.56. The van der Waals surface area contributed by atoms with Crippen molar-refractivity contribution >= 4 is 38.5 Å². The molecule has 100 valence electrons. The van der Waals surface area contributed by atoms with E-state index in [1.807, 2.05) is 31.2 Å². The van der Waals surface area contributed by atoms with Crippen molar-refractivity contribution in [3.63, 3.8) is 0 Å². The third-order valence-corrected chi connectivity index (χ3v) is 3.97. The van der Waals surface area contributed by atoms with Crippen molar-refractivity contribution in [1.29, 1.82) is 0 Å². The minimum atomic E-state index is -0.348. The second-order valence-corrected chi connectivity index (χ2v) is 5.89. The van der Waals surface area contributed by atoms with E-state index in [9.17, 15) is 4.79 Å². The van der Waals surface area contributed by atoms with Crippen LogP contribution >= 0.6 is 27.5 Å². The Morgan fingerprint density at radius 2 is 1.95 bits per heavy atom. The highest BCUT2D eigenvalue weighted by Crippen LogP contribution is 2.29. The summed E-state index contributed by atoms with van der Waals surface area (Å²) in [6.45, 7) is 1.92. The van der Waals surface area contributed by atoms with E-state index in [2.05, 4.69) is 15.9 Å². The first-order valence-corrected chi connectivity index (χ1v) is 7.22. The Labute approximate surface area is 129 Å². The molecule has 0 atom stereocenters. The highest BCUT2D eigenvalue weighted by molar-refractivity contribution is 9.10. The van der Waals surface area contributed by atoms with E-state index in [1.54, 1.807) is 18.2 Å². The van der Waals surface area contributed by atoms with Crippen molar-refractivity contribution in [3.05, 3.63) is 67.9 Å². The van der Waals surface area contributed by atoms with Crippen LogP contribution in [0.15, 0.2) is 56.1 Å². The molecule has 3 rings (SSSR count). The topological polar surface area (TPSA) is 30.2 Å². The number of fused-ring (bicyclic) bond motifs is 1. The van der Waals surface area contributed by atoms with Gasteiger partial charge in [-0.15, -0.1) is 0 Å². The zero-order chi connectivity index (χ0) is 14.3. The number of hydrogen-bond donors (Lipinski definition) is 0. The predicted octanol–water partition coefficient (Wildman–Crippen LogP) is 5.18. The first-order valence-electron chi connectivity index (χ1n) is 6.05. The lowest BCUT2D eigenvalue weighted by Gasteiger charge is -2.08. The minimum absolute atomic E-state index is 0.348. The number of hydrogen-bond acceptors (Lipinski definition) is 2. The molecule has 20 heavy (non-hydrogen) atoms. The summed E-state index contributed by atoms with van der Waals surface area (Å²) in [5, 5.41) is 1.50. The van der Waals surface area contributed by atoms with Gasteiger partial charge in [0, 0.05) is 14.9 Å². The monoisotopic (exact) mass is 348 g/mol. The van der Waals surface area contributed by atoms with Gasteiger partial charge >= 0.3 is 5.63 Å². The fourth-order valence-electron chi connectivity index (χ4n) is 2.30. The Balaban J connectivity index is 2.39. The molecule has 0 radical (unpaired) electrons. The minimum Gasteiger partial charge on any atom is -0.422 e. The molecule has 2 aromatic carbocycles. The van der Waals surface area contributed by atoms with E-state index >= 15 is 0 Å². The molecule has 0 aliphatic carbocycles. The smallest absolute Gasteiger partial charge is 0.344 e. The lowest BCUT2D eigenvalue weighted by Crippen LogP contribution is -2.05. The van der Waals surface area contributed by atoms with Crippen LogP contribution < -0.4 is 5.63 Å². The average molecular weight is 350 g/mol. The molecule has 0 N–H and O–H groups in total. The summed E-state index contributed by atoms with van der Waals surface area (Å²) in [5.74, 6) is 0. The maximum Gasteiger partial charge on any atom is 0.344 e. The van der Waals surface area contributed by atoms with Crippen molar-refractivity contribution in [2.24, 2.45) is 0 Å². The van der Waals surface area contributed by atoms with Crippen molar-refractivity contribution in [1.82, 2.24) is 0 Å². The summed E-state index contributed by atoms with van der Waals surface area (Å²) in [7, 11) is 0. The Hall–Kier alpha value is -1.58. The van der Waals surface area contributed by atoms with Crippen LogP contribution in [0.5, 0.6) is 0 Å². The van der Waals surface area contributed by atoms with Gasteiger partial charge in [-0.25, -0.2) is 4.79 Å². The Bertz CT molecular complexity index is 868. The molecule has 0 aliphatic heterocycles. The quantitative estimate of drug-likeness (QED) is 0.566. The summed E-state index contributed by atoms with van der Waals surface area (Å²) in [6, 6.07) is 12.8. The van der Waals surface area contributed by atoms with Gasteiger partial charge in [0.15, 0.2) is 0 Å². The number of benzene rings is 2. The molecule has 0 saturated carbocycles. The van der Waals surface area contributed by atoms with Gasteiger partial charge in [-0.3, -0.25) is 0 Å². The van der Waals surface area contributed by atoms with Gasteiger partial charge in [-0.2, -0.15) is 0 Å². The van der Waals surface area contributed by atoms with Crippen molar-refractivity contribution in [3.8, 4) is 11.1 Å². The molecule has 3 aromatic rings. The molecule has 0 amide bonds. The van der Waals surface area contributed by atoms with E-state index in [-0.39, 0.29) is 5.63 Å². The summed E-state index contributed by atoms with van der Waals surface area (Å²) in [6.07, 6.45) is 0. The van der Waals surface area contributed by atoms with Gasteiger partial charge in [0.2, 0.25) is 0 Å². The highest BCUT2D eigenvalue weighted by Gasteiger charge is 2.13. The normalized spacial score (nSPS) is 10.9. The molecule has 0 spiro atoms.